The molecule has 1 fully saturated rings. The Bertz CT molecular complexity index is 1140. The number of allylic oxidation sites excluding steroid dienone is 1. The molecule has 2 atom stereocenters. The molecule has 1 saturated heterocycles. The Morgan fingerprint density at radius 3 is 2.18 bits per heavy atom. The number of hydrogen-bond donors (Lipinski definition) is 0. The molecular formula is C28H31F6NO3. The molecule has 2 aliphatic rings. The van der Waals surface area contributed by atoms with E-state index in [1.165, 1.54) is 5.57 Å². The highest BCUT2D eigenvalue weighted by Crippen LogP contribution is 2.42. The van der Waals surface area contributed by atoms with E-state index in [1.54, 1.807) is 21.1 Å². The van der Waals surface area contributed by atoms with Crippen LogP contribution in [0.5, 0.6) is 5.75 Å². The van der Waals surface area contributed by atoms with E-state index < -0.39 is 35.6 Å². The molecule has 4 rings (SSSR count). The summed E-state index contributed by atoms with van der Waals surface area (Å²) in [4.78, 5) is 1.96. The average molecular weight is 544 g/mol. The lowest BCUT2D eigenvalue weighted by Gasteiger charge is -2.28. The van der Waals surface area contributed by atoms with E-state index in [9.17, 15) is 26.3 Å². The van der Waals surface area contributed by atoms with Gasteiger partial charge in [-0.3, -0.25) is 4.90 Å². The lowest BCUT2D eigenvalue weighted by Crippen LogP contribution is -2.32. The Morgan fingerprint density at radius 2 is 1.58 bits per heavy atom. The third-order valence-electron chi connectivity index (χ3n) is 7.25. The molecule has 4 nitrogen and oxygen atoms in total. The molecule has 2 aromatic carbocycles. The first-order chi connectivity index (χ1) is 17.9. The van der Waals surface area contributed by atoms with E-state index in [0.717, 1.165) is 60.3 Å². The van der Waals surface area contributed by atoms with Crippen LogP contribution in [0.1, 0.15) is 66.5 Å². The van der Waals surface area contributed by atoms with Gasteiger partial charge >= 0.3 is 12.4 Å². The van der Waals surface area contributed by atoms with E-state index in [4.69, 9.17) is 14.2 Å². The molecule has 0 bridgehead atoms. The van der Waals surface area contributed by atoms with Gasteiger partial charge in [-0.2, -0.15) is 26.3 Å². The summed E-state index contributed by atoms with van der Waals surface area (Å²) in [6, 6.07) is 7.14. The zero-order valence-corrected chi connectivity index (χ0v) is 21.5. The van der Waals surface area contributed by atoms with Gasteiger partial charge in [-0.05, 0) is 79.6 Å². The number of benzene rings is 2. The van der Waals surface area contributed by atoms with Gasteiger partial charge in [0.15, 0.2) is 0 Å². The van der Waals surface area contributed by atoms with Crippen molar-refractivity contribution >= 4 is 5.57 Å². The van der Waals surface area contributed by atoms with Gasteiger partial charge < -0.3 is 14.2 Å². The molecule has 2 aromatic rings. The minimum Gasteiger partial charge on any atom is -0.496 e. The fourth-order valence-corrected chi connectivity index (χ4v) is 5.29. The highest BCUT2D eigenvalue weighted by Gasteiger charge is 2.40. The molecule has 0 radical (unpaired) electrons. The average Bonchev–Trinajstić information content (AvgIpc) is 3.23. The van der Waals surface area contributed by atoms with Crippen molar-refractivity contribution < 1.29 is 40.6 Å². The SMILES string of the molecule is COCc1ccc(OC)c(C2=C(CN3CO[C@H](c4cc(C(F)(F)F)cc(C(F)(F)F)c4)[C@@H]3C)CCCC2)c1. The molecule has 38 heavy (non-hydrogen) atoms. The van der Waals surface area contributed by atoms with Crippen molar-refractivity contribution in [2.75, 3.05) is 27.5 Å². The highest BCUT2D eigenvalue weighted by atomic mass is 19.4. The first kappa shape index (κ1) is 28.4. The summed E-state index contributed by atoms with van der Waals surface area (Å²) in [6.45, 7) is 2.82. The van der Waals surface area contributed by atoms with Gasteiger partial charge in [0.25, 0.3) is 0 Å². The number of halogens is 6. The lowest BCUT2D eigenvalue weighted by molar-refractivity contribution is -0.143. The van der Waals surface area contributed by atoms with Gasteiger partial charge in [0.05, 0.1) is 30.9 Å². The number of hydrogen-bond acceptors (Lipinski definition) is 4. The lowest BCUT2D eigenvalue weighted by atomic mass is 9.86. The maximum Gasteiger partial charge on any atom is 0.416 e. The Hall–Kier alpha value is -2.56. The predicted octanol–water partition coefficient (Wildman–Crippen LogP) is 7.63. The molecule has 0 N–H and O–H groups in total. The number of rotatable bonds is 7. The molecular weight excluding hydrogens is 512 g/mol. The van der Waals surface area contributed by atoms with Crippen LogP contribution in [-0.4, -0.2) is 38.4 Å². The molecule has 0 amide bonds. The topological polar surface area (TPSA) is 30.9 Å². The minimum atomic E-state index is -4.91. The van der Waals surface area contributed by atoms with Gasteiger partial charge in [0, 0.05) is 25.3 Å². The molecule has 10 heteroatoms. The van der Waals surface area contributed by atoms with Gasteiger partial charge in [0.1, 0.15) is 12.5 Å². The second-order valence-electron chi connectivity index (χ2n) is 9.80. The largest absolute Gasteiger partial charge is 0.496 e. The normalized spacial score (nSPS) is 21.3. The fourth-order valence-electron chi connectivity index (χ4n) is 5.29. The quantitative estimate of drug-likeness (QED) is 0.336. The Morgan fingerprint density at radius 1 is 0.921 bits per heavy atom. The van der Waals surface area contributed by atoms with Crippen LogP contribution in [0.25, 0.3) is 5.57 Å². The van der Waals surface area contributed by atoms with Crippen LogP contribution >= 0.6 is 0 Å². The van der Waals surface area contributed by atoms with E-state index in [0.29, 0.717) is 13.2 Å². The molecule has 0 spiro atoms. The summed E-state index contributed by atoms with van der Waals surface area (Å²) < 4.78 is 97.1. The van der Waals surface area contributed by atoms with Gasteiger partial charge in [-0.25, -0.2) is 0 Å². The molecule has 1 aliphatic carbocycles. The van der Waals surface area contributed by atoms with Crippen molar-refractivity contribution in [1.82, 2.24) is 4.90 Å². The Balaban J connectivity index is 1.64. The summed E-state index contributed by atoms with van der Waals surface area (Å²) in [5.41, 5.74) is 1.50. The number of ether oxygens (including phenoxy) is 3. The zero-order valence-electron chi connectivity index (χ0n) is 21.5. The number of nitrogens with zero attached hydrogens (tertiary/aromatic N) is 1. The van der Waals surface area contributed by atoms with Crippen LogP contribution in [-0.2, 0) is 28.4 Å². The molecule has 0 unspecified atom stereocenters. The number of methoxy groups -OCH3 is 2. The molecule has 1 aliphatic heterocycles. The fraction of sp³-hybridized carbons (Fsp3) is 0.500. The summed E-state index contributed by atoms with van der Waals surface area (Å²) in [6.07, 6.45) is -7.06. The summed E-state index contributed by atoms with van der Waals surface area (Å²) in [5.74, 6) is 0.742. The van der Waals surface area contributed by atoms with Crippen LogP contribution in [0.3, 0.4) is 0 Å². The Labute approximate surface area is 218 Å². The second-order valence-corrected chi connectivity index (χ2v) is 9.80. The van der Waals surface area contributed by atoms with Crippen LogP contribution in [0, 0.1) is 0 Å². The van der Waals surface area contributed by atoms with Crippen molar-refractivity contribution in [1.29, 1.82) is 0 Å². The van der Waals surface area contributed by atoms with Crippen LogP contribution < -0.4 is 4.74 Å². The smallest absolute Gasteiger partial charge is 0.416 e. The predicted molar refractivity (Wildman–Crippen MR) is 130 cm³/mol. The maximum atomic E-state index is 13.4. The summed E-state index contributed by atoms with van der Waals surface area (Å²) >= 11 is 0. The van der Waals surface area contributed by atoms with Crippen LogP contribution in [0.4, 0.5) is 26.3 Å². The standard InChI is InChI=1S/C28H31F6NO3/c1-17-26(20-11-21(27(29,30)31)13-22(12-20)28(32,33)34)38-16-35(17)14-19-6-4-5-7-23(19)24-10-18(15-36-2)8-9-25(24)37-3/h8-13,17,26H,4-7,14-16H2,1-3H3/t17-,26-/m0/s1. The summed E-state index contributed by atoms with van der Waals surface area (Å²) in [5, 5.41) is 0. The number of alkyl halides is 6. The van der Waals surface area contributed by atoms with Gasteiger partial charge in [0.2, 0.25) is 0 Å². The second kappa shape index (κ2) is 11.3. The van der Waals surface area contributed by atoms with Crippen molar-refractivity contribution in [2.24, 2.45) is 0 Å². The van der Waals surface area contributed by atoms with Gasteiger partial charge in [-0.15, -0.1) is 0 Å². The first-order valence-electron chi connectivity index (χ1n) is 12.4. The minimum absolute atomic E-state index is 0.0983. The molecule has 208 valence electrons. The monoisotopic (exact) mass is 543 g/mol. The van der Waals surface area contributed by atoms with E-state index >= 15 is 0 Å². The molecule has 0 aromatic heterocycles. The van der Waals surface area contributed by atoms with Crippen molar-refractivity contribution in [3.63, 3.8) is 0 Å². The van der Waals surface area contributed by atoms with Crippen molar-refractivity contribution in [2.45, 2.75) is 63.7 Å². The zero-order chi connectivity index (χ0) is 27.7. The van der Waals surface area contributed by atoms with Gasteiger partial charge in [-0.1, -0.05) is 11.6 Å². The third-order valence-corrected chi connectivity index (χ3v) is 7.25. The van der Waals surface area contributed by atoms with E-state index in [2.05, 4.69) is 6.07 Å². The van der Waals surface area contributed by atoms with E-state index in [1.807, 2.05) is 17.0 Å². The molecule has 0 saturated carbocycles. The van der Waals surface area contributed by atoms with E-state index in [-0.39, 0.29) is 18.4 Å². The Kier molecular flexibility index (Phi) is 8.44. The van der Waals surface area contributed by atoms with Crippen LogP contribution in [0.15, 0.2) is 42.0 Å². The first-order valence-corrected chi connectivity index (χ1v) is 12.4. The van der Waals surface area contributed by atoms with Crippen molar-refractivity contribution in [3.05, 3.63) is 69.8 Å². The maximum absolute atomic E-state index is 13.4. The van der Waals surface area contributed by atoms with Crippen LogP contribution in [0.2, 0.25) is 0 Å². The molecule has 1 heterocycles. The summed E-state index contributed by atoms with van der Waals surface area (Å²) in [7, 11) is 3.24. The third kappa shape index (κ3) is 6.18. The van der Waals surface area contributed by atoms with Crippen molar-refractivity contribution in [3.8, 4) is 5.75 Å². The highest BCUT2D eigenvalue weighted by molar-refractivity contribution is 5.74.